The fourth-order valence-electron chi connectivity index (χ4n) is 2.39. The van der Waals surface area contributed by atoms with Crippen LogP contribution in [0.5, 0.6) is 0 Å². The number of rotatable bonds is 8. The molecule has 1 aromatic heterocycles. The summed E-state index contributed by atoms with van der Waals surface area (Å²) in [7, 11) is 0. The molecule has 0 unspecified atom stereocenters. The second-order valence-corrected chi connectivity index (χ2v) is 6.68. The van der Waals surface area contributed by atoms with Crippen molar-refractivity contribution in [2.45, 2.75) is 32.9 Å². The van der Waals surface area contributed by atoms with Crippen LogP contribution < -0.4 is 10.6 Å². The highest BCUT2D eigenvalue weighted by molar-refractivity contribution is 6.42. The van der Waals surface area contributed by atoms with E-state index >= 15 is 0 Å². The van der Waals surface area contributed by atoms with Gasteiger partial charge < -0.3 is 15.6 Å². The van der Waals surface area contributed by atoms with Crippen molar-refractivity contribution in [3.8, 4) is 0 Å². The summed E-state index contributed by atoms with van der Waals surface area (Å²) >= 11 is 12.1. The third-order valence-corrected chi connectivity index (χ3v) is 4.57. The average molecular weight is 369 g/mol. The number of hydrogen-bond donors (Lipinski definition) is 3. The van der Waals surface area contributed by atoms with E-state index in [9.17, 15) is 4.79 Å². The molecule has 130 valence electrons. The number of H-pyrrole nitrogens is 1. The number of nitrogens with one attached hydrogen (secondary N) is 3. The maximum atomic E-state index is 12.5. The van der Waals surface area contributed by atoms with Gasteiger partial charge in [0.05, 0.1) is 16.1 Å². The van der Waals surface area contributed by atoms with Gasteiger partial charge in [-0.05, 0) is 17.5 Å². The van der Waals surface area contributed by atoms with E-state index < -0.39 is 0 Å². The summed E-state index contributed by atoms with van der Waals surface area (Å²) in [5.74, 6) is 1.01. The van der Waals surface area contributed by atoms with E-state index in [1.807, 2.05) is 26.0 Å². The molecular weight excluding hydrogens is 347 g/mol. The molecule has 0 fully saturated rings. The Morgan fingerprint density at radius 1 is 1.33 bits per heavy atom. The predicted octanol–water partition coefficient (Wildman–Crippen LogP) is 3.19. The third kappa shape index (κ3) is 5.23. The first-order chi connectivity index (χ1) is 11.5. The summed E-state index contributed by atoms with van der Waals surface area (Å²) in [5, 5.41) is 7.18. The van der Waals surface area contributed by atoms with Gasteiger partial charge in [-0.3, -0.25) is 4.79 Å². The van der Waals surface area contributed by atoms with Crippen LogP contribution in [0, 0.1) is 5.92 Å². The summed E-state index contributed by atoms with van der Waals surface area (Å²) in [5.41, 5.74) is 0.801. The summed E-state index contributed by atoms with van der Waals surface area (Å²) < 4.78 is 0. The Kier molecular flexibility index (Phi) is 7.09. The molecule has 1 atom stereocenters. The number of imidazole rings is 1. The van der Waals surface area contributed by atoms with Crippen molar-refractivity contribution in [2.75, 3.05) is 6.54 Å². The van der Waals surface area contributed by atoms with Gasteiger partial charge in [-0.1, -0.05) is 49.2 Å². The molecule has 7 heteroatoms. The number of aromatic nitrogens is 2. The smallest absolute Gasteiger partial charge is 0.237 e. The highest BCUT2D eigenvalue weighted by Crippen LogP contribution is 2.25. The number of carbonyl (C=O) groups is 1. The molecule has 0 aliphatic rings. The second kappa shape index (κ2) is 9.06. The molecule has 2 rings (SSSR count). The Morgan fingerprint density at radius 3 is 2.79 bits per heavy atom. The van der Waals surface area contributed by atoms with Gasteiger partial charge in [-0.2, -0.15) is 0 Å². The van der Waals surface area contributed by atoms with Crippen LogP contribution in [0.15, 0.2) is 30.6 Å². The normalized spacial score (nSPS) is 12.4. The van der Waals surface area contributed by atoms with E-state index in [1.165, 1.54) is 0 Å². The molecular formula is C17H22Cl2N4O. The zero-order chi connectivity index (χ0) is 17.5. The van der Waals surface area contributed by atoms with Gasteiger partial charge in [0, 0.05) is 31.9 Å². The lowest BCUT2D eigenvalue weighted by molar-refractivity contribution is -0.124. The number of carbonyl (C=O) groups excluding carboxylic acids is 1. The second-order valence-electron chi connectivity index (χ2n) is 5.89. The van der Waals surface area contributed by atoms with E-state index in [4.69, 9.17) is 23.2 Å². The fraction of sp³-hybridized carbons (Fsp3) is 0.412. The Balaban J connectivity index is 1.87. The van der Waals surface area contributed by atoms with Gasteiger partial charge in [0.15, 0.2) is 0 Å². The minimum absolute atomic E-state index is 0.0551. The molecule has 1 heterocycles. The van der Waals surface area contributed by atoms with Crippen LogP contribution in [0.2, 0.25) is 10.0 Å². The monoisotopic (exact) mass is 368 g/mol. The zero-order valence-electron chi connectivity index (χ0n) is 13.8. The lowest BCUT2D eigenvalue weighted by Gasteiger charge is -2.22. The molecule has 0 radical (unpaired) electrons. The molecule has 2 aromatic rings. The largest absolute Gasteiger partial charge is 0.351 e. The quantitative estimate of drug-likeness (QED) is 0.669. The van der Waals surface area contributed by atoms with E-state index in [-0.39, 0.29) is 17.9 Å². The van der Waals surface area contributed by atoms with Crippen molar-refractivity contribution in [3.63, 3.8) is 0 Å². The Hall–Kier alpha value is -1.56. The van der Waals surface area contributed by atoms with E-state index in [1.54, 1.807) is 18.5 Å². The molecule has 3 N–H and O–H groups in total. The van der Waals surface area contributed by atoms with E-state index in [2.05, 4.69) is 20.6 Å². The first kappa shape index (κ1) is 18.8. The molecule has 0 saturated heterocycles. The molecule has 24 heavy (non-hydrogen) atoms. The van der Waals surface area contributed by atoms with Crippen LogP contribution in [0.4, 0.5) is 0 Å². The highest BCUT2D eigenvalue weighted by Gasteiger charge is 2.21. The summed E-state index contributed by atoms with van der Waals surface area (Å²) in [6.45, 7) is 5.04. The van der Waals surface area contributed by atoms with Gasteiger partial charge in [0.25, 0.3) is 0 Å². The average Bonchev–Trinajstić information content (AvgIpc) is 3.05. The zero-order valence-corrected chi connectivity index (χ0v) is 15.3. The number of amides is 1. The van der Waals surface area contributed by atoms with Gasteiger partial charge in [-0.25, -0.2) is 4.98 Å². The minimum Gasteiger partial charge on any atom is -0.351 e. The molecule has 1 aromatic carbocycles. The van der Waals surface area contributed by atoms with Crippen molar-refractivity contribution in [1.29, 1.82) is 0 Å². The predicted molar refractivity (Wildman–Crippen MR) is 97.2 cm³/mol. The van der Waals surface area contributed by atoms with Crippen LogP contribution in [0.3, 0.4) is 0 Å². The van der Waals surface area contributed by atoms with Crippen LogP contribution in [-0.4, -0.2) is 28.5 Å². The van der Waals surface area contributed by atoms with E-state index in [0.717, 1.165) is 17.8 Å². The van der Waals surface area contributed by atoms with Crippen molar-refractivity contribution >= 4 is 29.1 Å². The SMILES string of the molecule is CC(C)[C@H](NCCc1ncc[nH]1)C(=O)NCc1cccc(Cl)c1Cl. The highest BCUT2D eigenvalue weighted by atomic mass is 35.5. The number of halogens is 2. The van der Waals surface area contributed by atoms with Gasteiger partial charge in [0.1, 0.15) is 5.82 Å². The number of nitrogens with zero attached hydrogens (tertiary/aromatic N) is 1. The summed E-state index contributed by atoms with van der Waals surface area (Å²) in [6.07, 6.45) is 4.25. The number of hydrogen-bond acceptors (Lipinski definition) is 3. The third-order valence-electron chi connectivity index (χ3n) is 3.71. The molecule has 5 nitrogen and oxygen atoms in total. The molecule has 0 spiro atoms. The first-order valence-corrected chi connectivity index (χ1v) is 8.67. The van der Waals surface area contributed by atoms with Crippen molar-refractivity contribution in [1.82, 2.24) is 20.6 Å². The van der Waals surface area contributed by atoms with Crippen LogP contribution >= 0.6 is 23.2 Å². The molecule has 0 bridgehead atoms. The van der Waals surface area contributed by atoms with Crippen molar-refractivity contribution < 1.29 is 4.79 Å². The maximum Gasteiger partial charge on any atom is 0.237 e. The Bertz CT molecular complexity index is 659. The van der Waals surface area contributed by atoms with Crippen molar-refractivity contribution in [2.24, 2.45) is 5.92 Å². The van der Waals surface area contributed by atoms with Crippen LogP contribution in [0.1, 0.15) is 25.2 Å². The minimum atomic E-state index is -0.280. The molecule has 0 aliphatic carbocycles. The number of benzene rings is 1. The van der Waals surface area contributed by atoms with Gasteiger partial charge in [0.2, 0.25) is 5.91 Å². The summed E-state index contributed by atoms with van der Waals surface area (Å²) in [6, 6.07) is 5.11. The van der Waals surface area contributed by atoms with Gasteiger partial charge >= 0.3 is 0 Å². The number of aromatic amines is 1. The Morgan fingerprint density at radius 2 is 2.12 bits per heavy atom. The van der Waals surface area contributed by atoms with Crippen LogP contribution in [-0.2, 0) is 17.8 Å². The Labute approximate surface area is 152 Å². The lowest BCUT2D eigenvalue weighted by atomic mass is 10.0. The standard InChI is InChI=1S/C17H22Cl2N4O/c1-11(2)16(22-7-6-14-20-8-9-21-14)17(24)23-10-12-4-3-5-13(18)15(12)19/h3-5,8-9,11,16,22H,6-7,10H2,1-2H3,(H,20,21)(H,23,24)/t16-/m0/s1. The fourth-order valence-corrected chi connectivity index (χ4v) is 2.78. The molecule has 1 amide bonds. The first-order valence-electron chi connectivity index (χ1n) is 7.91. The molecule has 0 saturated carbocycles. The van der Waals surface area contributed by atoms with Gasteiger partial charge in [-0.15, -0.1) is 0 Å². The summed E-state index contributed by atoms with van der Waals surface area (Å²) in [4.78, 5) is 19.7. The lowest BCUT2D eigenvalue weighted by Crippen LogP contribution is -2.47. The van der Waals surface area contributed by atoms with Crippen molar-refractivity contribution in [3.05, 3.63) is 52.0 Å². The maximum absolute atomic E-state index is 12.5. The van der Waals surface area contributed by atoms with E-state index in [0.29, 0.717) is 23.1 Å². The molecule has 0 aliphatic heterocycles. The van der Waals surface area contributed by atoms with Crippen LogP contribution in [0.25, 0.3) is 0 Å². The topological polar surface area (TPSA) is 69.8 Å².